The lowest BCUT2D eigenvalue weighted by Gasteiger charge is -2.02. The SMILES string of the molecule is CC.O=[N+]([O-])c1cc(-c2ccccc2)ccc1O. The molecule has 2 rings (SSSR count). The highest BCUT2D eigenvalue weighted by molar-refractivity contribution is 5.68. The molecule has 0 aliphatic carbocycles. The van der Waals surface area contributed by atoms with Gasteiger partial charge in [-0.1, -0.05) is 50.2 Å². The number of rotatable bonds is 2. The molecule has 4 nitrogen and oxygen atoms in total. The molecular formula is C14H15NO3. The minimum Gasteiger partial charge on any atom is -0.502 e. The van der Waals surface area contributed by atoms with Gasteiger partial charge in [0.25, 0.3) is 0 Å². The zero-order valence-electron chi connectivity index (χ0n) is 10.3. The molecule has 0 unspecified atom stereocenters. The summed E-state index contributed by atoms with van der Waals surface area (Å²) in [5.74, 6) is -0.315. The summed E-state index contributed by atoms with van der Waals surface area (Å²) in [5, 5.41) is 20.0. The third-order valence-corrected chi connectivity index (χ3v) is 2.28. The second-order valence-electron chi connectivity index (χ2n) is 3.33. The number of hydrogen-bond acceptors (Lipinski definition) is 3. The monoisotopic (exact) mass is 245 g/mol. The first-order valence-corrected chi connectivity index (χ1v) is 5.71. The van der Waals surface area contributed by atoms with E-state index in [9.17, 15) is 15.2 Å². The molecule has 18 heavy (non-hydrogen) atoms. The van der Waals surface area contributed by atoms with E-state index < -0.39 is 4.92 Å². The zero-order chi connectivity index (χ0) is 13.5. The van der Waals surface area contributed by atoms with Crippen molar-refractivity contribution < 1.29 is 10.0 Å². The molecule has 0 atom stereocenters. The zero-order valence-corrected chi connectivity index (χ0v) is 10.3. The molecule has 0 heterocycles. The number of phenols is 1. The fourth-order valence-electron chi connectivity index (χ4n) is 1.48. The molecule has 0 saturated heterocycles. The third kappa shape index (κ3) is 3.07. The maximum atomic E-state index is 10.7. The molecule has 0 aromatic heterocycles. The Morgan fingerprint density at radius 3 is 2.17 bits per heavy atom. The Hall–Kier alpha value is -2.36. The van der Waals surface area contributed by atoms with Crippen molar-refractivity contribution >= 4 is 5.69 Å². The largest absolute Gasteiger partial charge is 0.502 e. The van der Waals surface area contributed by atoms with Gasteiger partial charge in [-0.25, -0.2) is 0 Å². The highest BCUT2D eigenvalue weighted by Gasteiger charge is 2.13. The van der Waals surface area contributed by atoms with Gasteiger partial charge in [-0.2, -0.15) is 0 Å². The summed E-state index contributed by atoms with van der Waals surface area (Å²) >= 11 is 0. The first-order valence-electron chi connectivity index (χ1n) is 5.71. The minimum absolute atomic E-state index is 0.277. The van der Waals surface area contributed by atoms with Crippen LogP contribution < -0.4 is 0 Å². The molecule has 4 heteroatoms. The minimum atomic E-state index is -0.595. The van der Waals surface area contributed by atoms with Crippen LogP contribution in [0.15, 0.2) is 48.5 Å². The highest BCUT2D eigenvalue weighted by Crippen LogP contribution is 2.30. The van der Waals surface area contributed by atoms with E-state index in [2.05, 4.69) is 0 Å². The molecule has 0 aliphatic heterocycles. The number of phenolic OH excluding ortho intramolecular Hbond substituents is 1. The van der Waals surface area contributed by atoms with Crippen molar-refractivity contribution in [3.63, 3.8) is 0 Å². The van der Waals surface area contributed by atoms with Crippen molar-refractivity contribution in [1.29, 1.82) is 0 Å². The van der Waals surface area contributed by atoms with Gasteiger partial charge in [0.1, 0.15) is 0 Å². The fraction of sp³-hybridized carbons (Fsp3) is 0.143. The molecule has 0 fully saturated rings. The summed E-state index contributed by atoms with van der Waals surface area (Å²) in [6.07, 6.45) is 0. The number of nitro groups is 1. The average molecular weight is 245 g/mol. The molecule has 0 aliphatic rings. The van der Waals surface area contributed by atoms with Crippen LogP contribution in [-0.4, -0.2) is 10.0 Å². The van der Waals surface area contributed by atoms with E-state index in [0.29, 0.717) is 5.56 Å². The van der Waals surface area contributed by atoms with Crippen molar-refractivity contribution in [1.82, 2.24) is 0 Å². The maximum absolute atomic E-state index is 10.7. The summed E-state index contributed by atoms with van der Waals surface area (Å²) in [4.78, 5) is 10.1. The second kappa shape index (κ2) is 6.39. The van der Waals surface area contributed by atoms with Crippen LogP contribution in [0.3, 0.4) is 0 Å². The van der Waals surface area contributed by atoms with Crippen LogP contribution in [0.2, 0.25) is 0 Å². The van der Waals surface area contributed by atoms with E-state index in [1.807, 2.05) is 44.2 Å². The third-order valence-electron chi connectivity index (χ3n) is 2.28. The van der Waals surface area contributed by atoms with Gasteiger partial charge in [-0.15, -0.1) is 0 Å². The van der Waals surface area contributed by atoms with Crippen molar-refractivity contribution in [3.05, 3.63) is 58.6 Å². The van der Waals surface area contributed by atoms with Crippen LogP contribution in [0.1, 0.15) is 13.8 Å². The van der Waals surface area contributed by atoms with E-state index in [1.54, 1.807) is 6.07 Å². The molecule has 2 aromatic carbocycles. The van der Waals surface area contributed by atoms with E-state index in [4.69, 9.17) is 0 Å². The van der Waals surface area contributed by atoms with Crippen LogP contribution in [0.5, 0.6) is 5.75 Å². The molecule has 0 radical (unpaired) electrons. The van der Waals surface area contributed by atoms with Gasteiger partial charge < -0.3 is 5.11 Å². The predicted octanol–water partition coefficient (Wildman–Crippen LogP) is 3.99. The molecule has 94 valence electrons. The summed E-state index contributed by atoms with van der Waals surface area (Å²) < 4.78 is 0. The van der Waals surface area contributed by atoms with Gasteiger partial charge in [0.15, 0.2) is 5.75 Å². The highest BCUT2D eigenvalue weighted by atomic mass is 16.6. The molecule has 1 N–H and O–H groups in total. The van der Waals surface area contributed by atoms with Crippen LogP contribution in [0.25, 0.3) is 11.1 Å². The fourth-order valence-corrected chi connectivity index (χ4v) is 1.48. The van der Waals surface area contributed by atoms with Crippen LogP contribution in [-0.2, 0) is 0 Å². The maximum Gasteiger partial charge on any atom is 0.311 e. The lowest BCUT2D eigenvalue weighted by Crippen LogP contribution is -1.89. The topological polar surface area (TPSA) is 63.4 Å². The smallest absolute Gasteiger partial charge is 0.311 e. The second-order valence-corrected chi connectivity index (χ2v) is 3.33. The summed E-state index contributed by atoms with van der Waals surface area (Å²) in [6.45, 7) is 4.00. The summed E-state index contributed by atoms with van der Waals surface area (Å²) in [7, 11) is 0. The van der Waals surface area contributed by atoms with E-state index in [1.165, 1.54) is 12.1 Å². The Morgan fingerprint density at radius 2 is 1.61 bits per heavy atom. The van der Waals surface area contributed by atoms with Gasteiger partial charge in [0.2, 0.25) is 0 Å². The van der Waals surface area contributed by atoms with Gasteiger partial charge in [0, 0.05) is 6.07 Å². The van der Waals surface area contributed by atoms with Gasteiger partial charge >= 0.3 is 5.69 Å². The Kier molecular flexibility index (Phi) is 4.87. The molecule has 2 aromatic rings. The van der Waals surface area contributed by atoms with Crippen molar-refractivity contribution in [2.24, 2.45) is 0 Å². The summed E-state index contributed by atoms with van der Waals surface area (Å²) in [6, 6.07) is 13.6. The number of hydrogen-bond donors (Lipinski definition) is 1. The Balaban J connectivity index is 0.000000771. The molecular weight excluding hydrogens is 230 g/mol. The van der Waals surface area contributed by atoms with E-state index >= 15 is 0 Å². The van der Waals surface area contributed by atoms with Crippen molar-refractivity contribution in [2.75, 3.05) is 0 Å². The Morgan fingerprint density at radius 1 is 1.00 bits per heavy atom. The quantitative estimate of drug-likeness (QED) is 0.642. The molecule has 0 bridgehead atoms. The standard InChI is InChI=1S/C12H9NO3.C2H6/c14-12-7-6-10(8-11(12)13(15)16)9-4-2-1-3-5-9;1-2/h1-8,14H;1-2H3. The van der Waals surface area contributed by atoms with Gasteiger partial charge in [-0.3, -0.25) is 10.1 Å². The lowest BCUT2D eigenvalue weighted by molar-refractivity contribution is -0.385. The lowest BCUT2D eigenvalue weighted by atomic mass is 10.1. The molecule has 0 amide bonds. The van der Waals surface area contributed by atoms with Crippen molar-refractivity contribution in [2.45, 2.75) is 13.8 Å². The van der Waals surface area contributed by atoms with E-state index in [-0.39, 0.29) is 11.4 Å². The molecule has 0 spiro atoms. The summed E-state index contributed by atoms with van der Waals surface area (Å²) in [5.41, 5.74) is 1.32. The normalized spacial score (nSPS) is 9.22. The predicted molar refractivity (Wildman–Crippen MR) is 71.5 cm³/mol. The van der Waals surface area contributed by atoms with Crippen LogP contribution in [0, 0.1) is 10.1 Å². The van der Waals surface area contributed by atoms with Crippen LogP contribution >= 0.6 is 0 Å². The number of aromatic hydroxyl groups is 1. The molecule has 0 saturated carbocycles. The van der Waals surface area contributed by atoms with Crippen molar-refractivity contribution in [3.8, 4) is 16.9 Å². The number of benzene rings is 2. The first kappa shape index (κ1) is 13.7. The number of nitro benzene ring substituents is 1. The Bertz CT molecular complexity index is 524. The first-order chi connectivity index (χ1) is 8.68. The average Bonchev–Trinajstić information content (AvgIpc) is 2.42. The number of nitrogens with zero attached hydrogens (tertiary/aromatic N) is 1. The van der Waals surface area contributed by atoms with Gasteiger partial charge in [0.05, 0.1) is 4.92 Å². The Labute approximate surface area is 106 Å². The van der Waals surface area contributed by atoms with Crippen LogP contribution in [0.4, 0.5) is 5.69 Å². The van der Waals surface area contributed by atoms with E-state index in [0.717, 1.165) is 5.56 Å². The van der Waals surface area contributed by atoms with Gasteiger partial charge in [-0.05, 0) is 17.2 Å².